The van der Waals surface area contributed by atoms with Crippen molar-refractivity contribution < 1.29 is 9.85 Å². The fraction of sp³-hybridized carbons (Fsp3) is 0.500. The minimum Gasteiger partial charge on any atom is -0.359 e. The molecule has 0 amide bonds. The van der Waals surface area contributed by atoms with Crippen molar-refractivity contribution in [3.8, 4) is 0 Å². The molecule has 1 unspecified atom stereocenters. The number of likely N-dealkylation sites (N-methyl/N-ethyl adjacent to an activating group) is 1. The van der Waals surface area contributed by atoms with Crippen molar-refractivity contribution in [2.24, 2.45) is 5.73 Å². The molecule has 0 radical (unpaired) electrons. The van der Waals surface area contributed by atoms with Crippen molar-refractivity contribution in [1.29, 1.82) is 0 Å². The number of nitro groups is 2. The second kappa shape index (κ2) is 6.02. The normalized spacial score (nSPS) is 19.5. The molecule has 0 aromatic heterocycles. The Balaban J connectivity index is 2.42. The van der Waals surface area contributed by atoms with Gasteiger partial charge in [0.2, 0.25) is 0 Å². The quantitative estimate of drug-likeness (QED) is 0.637. The summed E-state index contributed by atoms with van der Waals surface area (Å²) < 4.78 is 0. The molecule has 0 saturated carbocycles. The number of rotatable bonds is 4. The number of nitro benzene ring substituents is 2. The number of anilines is 1. The van der Waals surface area contributed by atoms with E-state index in [1.54, 1.807) is 0 Å². The second-order valence-electron chi connectivity index (χ2n) is 5.03. The molecule has 1 saturated heterocycles. The highest BCUT2D eigenvalue weighted by Crippen LogP contribution is 2.33. The number of benzene rings is 1. The molecule has 9 nitrogen and oxygen atoms in total. The summed E-state index contributed by atoms with van der Waals surface area (Å²) in [5, 5.41) is 22.0. The highest BCUT2D eigenvalue weighted by molar-refractivity contribution is 5.67. The zero-order valence-electron chi connectivity index (χ0n) is 11.6. The lowest BCUT2D eigenvalue weighted by molar-refractivity contribution is -0.393. The van der Waals surface area contributed by atoms with Crippen LogP contribution in [-0.2, 0) is 0 Å². The van der Waals surface area contributed by atoms with Gasteiger partial charge in [-0.15, -0.1) is 0 Å². The van der Waals surface area contributed by atoms with Gasteiger partial charge in [-0.1, -0.05) is 0 Å². The summed E-state index contributed by atoms with van der Waals surface area (Å²) in [6.45, 7) is 2.41. The van der Waals surface area contributed by atoms with Crippen LogP contribution in [0.2, 0.25) is 0 Å². The van der Waals surface area contributed by atoms with Crippen molar-refractivity contribution in [1.82, 2.24) is 4.90 Å². The third kappa shape index (κ3) is 3.09. The van der Waals surface area contributed by atoms with E-state index in [1.807, 2.05) is 11.9 Å². The van der Waals surface area contributed by atoms with Crippen LogP contribution in [0.3, 0.4) is 0 Å². The maximum absolute atomic E-state index is 11.2. The Bertz CT molecular complexity index is 565. The van der Waals surface area contributed by atoms with Gasteiger partial charge in [0.15, 0.2) is 0 Å². The SMILES string of the molecule is CN1CCN(c2ccc([N+](=O)[O-])cc2[N+](=O)[O-])C(CN)C1. The summed E-state index contributed by atoms with van der Waals surface area (Å²) in [4.78, 5) is 24.7. The summed E-state index contributed by atoms with van der Waals surface area (Å²) in [6.07, 6.45) is 0. The van der Waals surface area contributed by atoms with Gasteiger partial charge in [-0.25, -0.2) is 0 Å². The Labute approximate surface area is 121 Å². The zero-order valence-corrected chi connectivity index (χ0v) is 11.6. The van der Waals surface area contributed by atoms with Gasteiger partial charge in [-0.2, -0.15) is 0 Å². The van der Waals surface area contributed by atoms with Crippen LogP contribution in [0, 0.1) is 20.2 Å². The lowest BCUT2D eigenvalue weighted by Gasteiger charge is -2.40. The Morgan fingerprint density at radius 2 is 2.00 bits per heavy atom. The van der Waals surface area contributed by atoms with E-state index >= 15 is 0 Å². The molecule has 114 valence electrons. The average molecular weight is 295 g/mol. The number of piperazine rings is 1. The third-order valence-corrected chi connectivity index (χ3v) is 3.63. The number of nitrogens with two attached hydrogens (primary N) is 1. The lowest BCUT2D eigenvalue weighted by atomic mass is 10.1. The molecular formula is C12H17N5O4. The maximum Gasteiger partial charge on any atom is 0.299 e. The highest BCUT2D eigenvalue weighted by atomic mass is 16.6. The van der Waals surface area contributed by atoms with E-state index in [2.05, 4.69) is 4.90 Å². The molecule has 1 heterocycles. The molecule has 0 aliphatic carbocycles. The Kier molecular flexibility index (Phi) is 4.34. The maximum atomic E-state index is 11.2. The van der Waals surface area contributed by atoms with Gasteiger partial charge in [-0.3, -0.25) is 20.2 Å². The van der Waals surface area contributed by atoms with E-state index in [0.717, 1.165) is 12.6 Å². The van der Waals surface area contributed by atoms with E-state index in [1.165, 1.54) is 12.1 Å². The van der Waals surface area contributed by atoms with Crippen molar-refractivity contribution >= 4 is 17.1 Å². The van der Waals surface area contributed by atoms with Crippen LogP contribution in [0.15, 0.2) is 18.2 Å². The standard InChI is InChI=1S/C12H17N5O4/c1-14-4-5-15(10(7-13)8-14)11-3-2-9(16(18)19)6-12(11)17(20)21/h2-3,6,10H,4-5,7-8,13H2,1H3. The predicted molar refractivity (Wildman–Crippen MR) is 77.4 cm³/mol. The van der Waals surface area contributed by atoms with Crippen LogP contribution in [0.25, 0.3) is 0 Å². The zero-order chi connectivity index (χ0) is 15.6. The monoisotopic (exact) mass is 295 g/mol. The molecule has 21 heavy (non-hydrogen) atoms. The van der Waals surface area contributed by atoms with Gasteiger partial charge in [-0.05, 0) is 13.1 Å². The summed E-state index contributed by atoms with van der Waals surface area (Å²) in [6, 6.07) is 3.67. The van der Waals surface area contributed by atoms with Gasteiger partial charge < -0.3 is 15.5 Å². The van der Waals surface area contributed by atoms with Gasteiger partial charge in [0.05, 0.1) is 22.0 Å². The van der Waals surface area contributed by atoms with Crippen LogP contribution in [0.5, 0.6) is 0 Å². The Hall–Kier alpha value is -2.26. The van der Waals surface area contributed by atoms with E-state index < -0.39 is 9.85 Å². The van der Waals surface area contributed by atoms with E-state index in [4.69, 9.17) is 5.73 Å². The van der Waals surface area contributed by atoms with Crippen molar-refractivity contribution in [2.75, 3.05) is 38.1 Å². The molecular weight excluding hydrogens is 278 g/mol. The fourth-order valence-corrected chi connectivity index (χ4v) is 2.54. The van der Waals surface area contributed by atoms with Gasteiger partial charge in [0.1, 0.15) is 5.69 Å². The molecule has 2 rings (SSSR count). The lowest BCUT2D eigenvalue weighted by Crippen LogP contribution is -2.55. The predicted octanol–water partition coefficient (Wildman–Crippen LogP) is 0.582. The third-order valence-electron chi connectivity index (χ3n) is 3.63. The average Bonchev–Trinajstić information content (AvgIpc) is 2.46. The number of hydrogen-bond acceptors (Lipinski definition) is 7. The summed E-state index contributed by atoms with van der Waals surface area (Å²) in [5.41, 5.74) is 5.59. The van der Waals surface area contributed by atoms with E-state index in [-0.39, 0.29) is 17.4 Å². The highest BCUT2D eigenvalue weighted by Gasteiger charge is 2.30. The second-order valence-corrected chi connectivity index (χ2v) is 5.03. The fourth-order valence-electron chi connectivity index (χ4n) is 2.54. The minimum atomic E-state index is -0.638. The number of non-ortho nitro benzene ring substituents is 1. The largest absolute Gasteiger partial charge is 0.359 e. The van der Waals surface area contributed by atoms with Crippen molar-refractivity contribution in [3.63, 3.8) is 0 Å². The molecule has 1 atom stereocenters. The van der Waals surface area contributed by atoms with Gasteiger partial charge in [0.25, 0.3) is 11.4 Å². The van der Waals surface area contributed by atoms with E-state index in [9.17, 15) is 20.2 Å². The van der Waals surface area contributed by atoms with Crippen LogP contribution in [0.1, 0.15) is 0 Å². The van der Waals surface area contributed by atoms with Gasteiger partial charge >= 0.3 is 0 Å². The summed E-state index contributed by atoms with van der Waals surface area (Å²) >= 11 is 0. The van der Waals surface area contributed by atoms with Crippen LogP contribution in [0.4, 0.5) is 17.1 Å². The van der Waals surface area contributed by atoms with Crippen LogP contribution >= 0.6 is 0 Å². The van der Waals surface area contributed by atoms with Crippen LogP contribution < -0.4 is 10.6 Å². The first kappa shape index (κ1) is 15.1. The molecule has 1 aromatic carbocycles. The Morgan fingerprint density at radius 3 is 2.57 bits per heavy atom. The molecule has 1 fully saturated rings. The topological polar surface area (TPSA) is 119 Å². The Morgan fingerprint density at radius 1 is 1.29 bits per heavy atom. The van der Waals surface area contributed by atoms with Crippen molar-refractivity contribution in [3.05, 3.63) is 38.4 Å². The summed E-state index contributed by atoms with van der Waals surface area (Å²) in [5.74, 6) is 0. The molecule has 9 heteroatoms. The van der Waals surface area contributed by atoms with E-state index in [0.29, 0.717) is 25.3 Å². The first-order valence-corrected chi connectivity index (χ1v) is 6.52. The smallest absolute Gasteiger partial charge is 0.299 e. The molecule has 1 aromatic rings. The number of nitrogens with zero attached hydrogens (tertiary/aromatic N) is 4. The summed E-state index contributed by atoms with van der Waals surface area (Å²) in [7, 11) is 1.96. The number of hydrogen-bond donors (Lipinski definition) is 1. The van der Waals surface area contributed by atoms with Crippen molar-refractivity contribution in [2.45, 2.75) is 6.04 Å². The minimum absolute atomic E-state index is 0.0519. The first-order chi connectivity index (χ1) is 9.93. The van der Waals surface area contributed by atoms with Crippen LogP contribution in [-0.4, -0.2) is 54.0 Å². The molecule has 1 aliphatic heterocycles. The molecule has 2 N–H and O–H groups in total. The van der Waals surface area contributed by atoms with Gasteiger partial charge in [0, 0.05) is 32.2 Å². The molecule has 0 bridgehead atoms. The first-order valence-electron chi connectivity index (χ1n) is 6.52. The molecule has 0 spiro atoms. The molecule has 1 aliphatic rings.